The first-order valence-electron chi connectivity index (χ1n) is 13.9. The summed E-state index contributed by atoms with van der Waals surface area (Å²) in [6, 6.07) is 16.2. The van der Waals surface area contributed by atoms with Crippen LogP contribution in [-0.2, 0) is 23.9 Å². The van der Waals surface area contributed by atoms with Gasteiger partial charge in [-0.25, -0.2) is 9.59 Å². The number of carbonyl (C=O) groups excluding carboxylic acids is 4. The van der Waals surface area contributed by atoms with E-state index in [-0.39, 0.29) is 11.6 Å². The smallest absolute Gasteiger partial charge is 0.408 e. The molecule has 4 aromatic carbocycles. The summed E-state index contributed by atoms with van der Waals surface area (Å²) in [5.74, 6) is -2.20. The maximum Gasteiger partial charge on any atom is 0.408 e. The van der Waals surface area contributed by atoms with E-state index in [1.807, 2.05) is 30.3 Å². The number of alkyl carbamates (subject to hydrolysis) is 1. The van der Waals surface area contributed by atoms with E-state index in [2.05, 4.69) is 40.2 Å². The molecule has 4 rings (SSSR count). The number of methoxy groups -OCH3 is 1. The number of amides is 3. The van der Waals surface area contributed by atoms with Crippen molar-refractivity contribution in [1.82, 2.24) is 16.0 Å². The molecule has 2 atom stereocenters. The molecule has 3 N–H and O–H groups in total. The maximum absolute atomic E-state index is 13.6. The first-order chi connectivity index (χ1) is 19.8. The van der Waals surface area contributed by atoms with Crippen LogP contribution in [0.3, 0.4) is 0 Å². The van der Waals surface area contributed by atoms with Gasteiger partial charge in [0.25, 0.3) is 5.91 Å². The van der Waals surface area contributed by atoms with E-state index in [0.717, 1.165) is 32.3 Å². The highest BCUT2D eigenvalue weighted by Crippen LogP contribution is 2.36. The van der Waals surface area contributed by atoms with E-state index in [0.29, 0.717) is 5.56 Å². The van der Waals surface area contributed by atoms with Crippen molar-refractivity contribution >= 4 is 62.3 Å². The molecule has 0 aliphatic rings. The Balaban J connectivity index is 1.75. The van der Waals surface area contributed by atoms with Crippen LogP contribution in [0, 0.1) is 5.92 Å². The first-order valence-corrected chi connectivity index (χ1v) is 13.9. The molecule has 3 amide bonds. The summed E-state index contributed by atoms with van der Waals surface area (Å²) in [7, 11) is 1.25. The molecule has 0 aliphatic carbocycles. The number of rotatable bonds is 8. The molecule has 4 aromatic rings. The predicted octanol–water partition coefficient (Wildman–Crippen LogP) is 5.27. The lowest BCUT2D eigenvalue weighted by Crippen LogP contribution is -2.50. The van der Waals surface area contributed by atoms with Gasteiger partial charge < -0.3 is 25.4 Å². The molecule has 0 unspecified atom stereocenters. The predicted molar refractivity (Wildman–Crippen MR) is 164 cm³/mol. The van der Waals surface area contributed by atoms with Gasteiger partial charge in [0, 0.05) is 0 Å². The summed E-state index contributed by atoms with van der Waals surface area (Å²) in [4.78, 5) is 51.5. The molecular formula is C33H37N3O6. The monoisotopic (exact) mass is 571 g/mol. The fourth-order valence-corrected chi connectivity index (χ4v) is 4.83. The molecular weight excluding hydrogens is 534 g/mol. The SMILES string of the molecule is COC(=O)[C@@H](NC(=O)/C(=C\c1ccc2ccc3cccc4ccc1c2c34)NC(=O)[C@H](C)NC(=O)OC(C)(C)C)C(C)C. The van der Waals surface area contributed by atoms with Crippen LogP contribution < -0.4 is 16.0 Å². The normalized spacial score (nSPS) is 13.7. The minimum Gasteiger partial charge on any atom is -0.467 e. The molecule has 0 bridgehead atoms. The van der Waals surface area contributed by atoms with E-state index in [4.69, 9.17) is 9.47 Å². The summed E-state index contributed by atoms with van der Waals surface area (Å²) in [6.07, 6.45) is 0.811. The molecule has 0 saturated heterocycles. The number of esters is 1. The van der Waals surface area contributed by atoms with Gasteiger partial charge in [-0.15, -0.1) is 0 Å². The summed E-state index contributed by atoms with van der Waals surface area (Å²) in [6.45, 7) is 10.2. The largest absolute Gasteiger partial charge is 0.467 e. The van der Waals surface area contributed by atoms with Gasteiger partial charge in [0.1, 0.15) is 23.4 Å². The van der Waals surface area contributed by atoms with Gasteiger partial charge in [-0.05, 0) is 77.6 Å². The quantitative estimate of drug-likeness (QED) is 0.151. The maximum atomic E-state index is 13.6. The van der Waals surface area contributed by atoms with Crippen LogP contribution >= 0.6 is 0 Å². The highest BCUT2D eigenvalue weighted by molar-refractivity contribution is 6.24. The summed E-state index contributed by atoms with van der Waals surface area (Å²) >= 11 is 0. The third-order valence-corrected chi connectivity index (χ3v) is 6.90. The molecule has 0 fully saturated rings. The number of hydrogen-bond acceptors (Lipinski definition) is 6. The van der Waals surface area contributed by atoms with Crippen LogP contribution in [0.15, 0.2) is 60.3 Å². The third kappa shape index (κ3) is 6.62. The summed E-state index contributed by atoms with van der Waals surface area (Å²) in [5.41, 5.74) is -0.152. The van der Waals surface area contributed by atoms with Gasteiger partial charge in [0.2, 0.25) is 5.91 Å². The molecule has 9 nitrogen and oxygen atoms in total. The van der Waals surface area contributed by atoms with Gasteiger partial charge in [0.15, 0.2) is 0 Å². The van der Waals surface area contributed by atoms with Crippen molar-refractivity contribution in [3.05, 3.63) is 65.9 Å². The zero-order valence-corrected chi connectivity index (χ0v) is 25.0. The van der Waals surface area contributed by atoms with Crippen LogP contribution in [0.2, 0.25) is 0 Å². The Labute approximate surface area is 244 Å². The van der Waals surface area contributed by atoms with E-state index in [1.165, 1.54) is 14.0 Å². The van der Waals surface area contributed by atoms with Crippen molar-refractivity contribution in [3.8, 4) is 0 Å². The van der Waals surface area contributed by atoms with Crippen LogP contribution in [-0.4, -0.2) is 48.7 Å². The van der Waals surface area contributed by atoms with Gasteiger partial charge in [-0.1, -0.05) is 68.4 Å². The molecule has 0 saturated carbocycles. The van der Waals surface area contributed by atoms with Crippen molar-refractivity contribution in [3.63, 3.8) is 0 Å². The van der Waals surface area contributed by atoms with Crippen molar-refractivity contribution in [2.24, 2.45) is 5.92 Å². The van der Waals surface area contributed by atoms with Crippen LogP contribution in [0.1, 0.15) is 47.1 Å². The van der Waals surface area contributed by atoms with E-state index in [9.17, 15) is 19.2 Å². The summed E-state index contributed by atoms with van der Waals surface area (Å²) in [5, 5.41) is 14.1. The van der Waals surface area contributed by atoms with Crippen LogP contribution in [0.25, 0.3) is 38.4 Å². The summed E-state index contributed by atoms with van der Waals surface area (Å²) < 4.78 is 10.1. The second-order valence-electron chi connectivity index (χ2n) is 11.6. The Morgan fingerprint density at radius 1 is 0.810 bits per heavy atom. The minimum absolute atomic E-state index is 0.0950. The van der Waals surface area contributed by atoms with E-state index < -0.39 is 41.6 Å². The number of hydrogen-bond donors (Lipinski definition) is 3. The average molecular weight is 572 g/mol. The van der Waals surface area contributed by atoms with E-state index in [1.54, 1.807) is 40.7 Å². The van der Waals surface area contributed by atoms with Gasteiger partial charge in [-0.2, -0.15) is 0 Å². The Bertz CT molecular complexity index is 1670. The second kappa shape index (κ2) is 12.1. The van der Waals surface area contributed by atoms with Gasteiger partial charge in [-0.3, -0.25) is 9.59 Å². The first kappa shape index (κ1) is 30.3. The Kier molecular flexibility index (Phi) is 8.70. The van der Waals surface area contributed by atoms with Crippen molar-refractivity contribution in [2.75, 3.05) is 7.11 Å². The second-order valence-corrected chi connectivity index (χ2v) is 11.6. The number of benzene rings is 4. The molecule has 0 heterocycles. The number of nitrogens with one attached hydrogen (secondary N) is 3. The fourth-order valence-electron chi connectivity index (χ4n) is 4.83. The molecule has 0 aromatic heterocycles. The van der Waals surface area contributed by atoms with Crippen LogP contribution in [0.4, 0.5) is 4.79 Å². The Hall–Kier alpha value is -4.66. The number of carbonyl (C=O) groups is 4. The third-order valence-electron chi connectivity index (χ3n) is 6.90. The highest BCUT2D eigenvalue weighted by atomic mass is 16.6. The van der Waals surface area contributed by atoms with Gasteiger partial charge >= 0.3 is 12.1 Å². The highest BCUT2D eigenvalue weighted by Gasteiger charge is 2.28. The molecule has 0 aliphatic heterocycles. The Morgan fingerprint density at radius 3 is 2.00 bits per heavy atom. The molecule has 220 valence electrons. The topological polar surface area (TPSA) is 123 Å². The average Bonchev–Trinajstić information content (AvgIpc) is 2.93. The van der Waals surface area contributed by atoms with Crippen LogP contribution in [0.5, 0.6) is 0 Å². The lowest BCUT2D eigenvalue weighted by Gasteiger charge is -2.23. The van der Waals surface area contributed by atoms with Crippen molar-refractivity contribution < 1.29 is 28.7 Å². The Morgan fingerprint density at radius 2 is 1.40 bits per heavy atom. The van der Waals surface area contributed by atoms with Crippen molar-refractivity contribution in [1.29, 1.82) is 0 Å². The lowest BCUT2D eigenvalue weighted by atomic mass is 9.91. The number of ether oxygens (including phenoxy) is 2. The molecule has 0 radical (unpaired) electrons. The van der Waals surface area contributed by atoms with Gasteiger partial charge in [0.05, 0.1) is 7.11 Å². The molecule has 0 spiro atoms. The standard InChI is InChI=1S/C33H37N3O6/c1-18(2)28(31(39)41-7)36-30(38)25(35-29(37)19(3)34-32(40)42-33(4,5)6)17-23-14-13-22-12-11-20-9-8-10-21-15-16-24(23)27(22)26(20)21/h8-19,28H,1-7H3,(H,34,40)(H,35,37)(H,36,38)/b25-17+/t19-,28-/m0/s1. The van der Waals surface area contributed by atoms with E-state index >= 15 is 0 Å². The molecule has 42 heavy (non-hydrogen) atoms. The minimum atomic E-state index is -1.03. The van der Waals surface area contributed by atoms with Crippen molar-refractivity contribution in [2.45, 2.75) is 59.2 Å². The lowest BCUT2D eigenvalue weighted by molar-refractivity contribution is -0.146. The fraction of sp³-hybridized carbons (Fsp3) is 0.333. The zero-order chi connectivity index (χ0) is 30.8. The zero-order valence-electron chi connectivity index (χ0n) is 25.0. The molecule has 9 heteroatoms.